The second-order valence-corrected chi connectivity index (χ2v) is 4.42. The van der Waals surface area contributed by atoms with Crippen LogP contribution in [0.15, 0.2) is 18.3 Å². The normalized spacial score (nSPS) is 22.9. The number of rotatable bonds is 4. The van der Waals surface area contributed by atoms with Crippen LogP contribution in [0.2, 0.25) is 5.15 Å². The number of nitrogens with zero attached hydrogens (tertiary/aromatic N) is 1. The first kappa shape index (κ1) is 12.3. The Balaban J connectivity index is 1.85. The summed E-state index contributed by atoms with van der Waals surface area (Å²) in [6.45, 7) is 2.70. The predicted molar refractivity (Wildman–Crippen MR) is 65.1 cm³/mol. The van der Waals surface area contributed by atoms with E-state index in [9.17, 15) is 4.79 Å². The van der Waals surface area contributed by atoms with Crippen molar-refractivity contribution in [1.29, 1.82) is 0 Å². The Morgan fingerprint density at radius 3 is 3.06 bits per heavy atom. The van der Waals surface area contributed by atoms with Gasteiger partial charge in [0.25, 0.3) is 5.91 Å². The van der Waals surface area contributed by atoms with E-state index >= 15 is 0 Å². The molecule has 2 rings (SSSR count). The van der Waals surface area contributed by atoms with Crippen LogP contribution in [0.5, 0.6) is 0 Å². The van der Waals surface area contributed by atoms with Gasteiger partial charge in [0.15, 0.2) is 0 Å². The summed E-state index contributed by atoms with van der Waals surface area (Å²) in [6, 6.07) is 3.56. The lowest BCUT2D eigenvalue weighted by atomic mass is 9.89. The molecule has 0 saturated heterocycles. The zero-order chi connectivity index (χ0) is 12.3. The lowest BCUT2D eigenvalue weighted by Gasteiger charge is -2.35. The Bertz CT molecular complexity index is 405. The third kappa shape index (κ3) is 2.96. The van der Waals surface area contributed by atoms with E-state index in [4.69, 9.17) is 16.3 Å². The summed E-state index contributed by atoms with van der Waals surface area (Å²) in [5.41, 5.74) is 0.425. The standard InChI is InChI=1S/C12H15ClN2O2/c1-2-17-9-6-8(7-9)15-12(16)10-4-3-5-14-11(10)13/h3-5,8-9H,2,6-7H2,1H3,(H,15,16). The van der Waals surface area contributed by atoms with Crippen LogP contribution < -0.4 is 5.32 Å². The lowest BCUT2D eigenvalue weighted by Crippen LogP contribution is -2.47. The second kappa shape index (κ2) is 5.47. The van der Waals surface area contributed by atoms with E-state index in [0.29, 0.717) is 5.56 Å². The maximum Gasteiger partial charge on any atom is 0.254 e. The van der Waals surface area contributed by atoms with Crippen LogP contribution in [-0.2, 0) is 4.74 Å². The minimum absolute atomic E-state index is 0.164. The van der Waals surface area contributed by atoms with E-state index < -0.39 is 0 Å². The molecule has 92 valence electrons. The Labute approximate surface area is 105 Å². The molecular formula is C12H15ClN2O2. The van der Waals surface area contributed by atoms with Crippen LogP contribution in [0.1, 0.15) is 30.1 Å². The van der Waals surface area contributed by atoms with Gasteiger partial charge in [-0.05, 0) is 31.9 Å². The van der Waals surface area contributed by atoms with Crippen LogP contribution in [0.3, 0.4) is 0 Å². The molecule has 1 aliphatic carbocycles. The average Bonchev–Trinajstić information content (AvgIpc) is 2.26. The molecule has 1 aliphatic rings. The second-order valence-electron chi connectivity index (χ2n) is 4.06. The van der Waals surface area contributed by atoms with Gasteiger partial charge >= 0.3 is 0 Å². The predicted octanol–water partition coefficient (Wildman–Crippen LogP) is 2.03. The highest BCUT2D eigenvalue weighted by molar-refractivity contribution is 6.32. The van der Waals surface area contributed by atoms with Crippen molar-refractivity contribution in [3.05, 3.63) is 29.0 Å². The molecule has 0 radical (unpaired) electrons. The number of hydrogen-bond donors (Lipinski definition) is 1. The van der Waals surface area contributed by atoms with E-state index in [1.807, 2.05) is 6.92 Å². The van der Waals surface area contributed by atoms with E-state index in [-0.39, 0.29) is 23.2 Å². The summed E-state index contributed by atoms with van der Waals surface area (Å²) in [5.74, 6) is -0.164. The summed E-state index contributed by atoms with van der Waals surface area (Å²) >= 11 is 5.85. The van der Waals surface area contributed by atoms with Crippen LogP contribution in [0.25, 0.3) is 0 Å². The molecule has 1 amide bonds. The molecular weight excluding hydrogens is 240 g/mol. The van der Waals surface area contributed by atoms with Crippen molar-refractivity contribution in [3.8, 4) is 0 Å². The van der Waals surface area contributed by atoms with E-state index in [1.165, 1.54) is 0 Å². The number of hydrogen-bond acceptors (Lipinski definition) is 3. The molecule has 0 spiro atoms. The number of pyridine rings is 1. The van der Waals surface area contributed by atoms with Crippen molar-refractivity contribution in [2.24, 2.45) is 0 Å². The molecule has 5 heteroatoms. The van der Waals surface area contributed by atoms with Crippen LogP contribution in [-0.4, -0.2) is 29.6 Å². The van der Waals surface area contributed by atoms with Crippen molar-refractivity contribution >= 4 is 17.5 Å². The minimum Gasteiger partial charge on any atom is -0.378 e. The van der Waals surface area contributed by atoms with Gasteiger partial charge in [-0.25, -0.2) is 4.98 Å². The molecule has 4 nitrogen and oxygen atoms in total. The summed E-state index contributed by atoms with van der Waals surface area (Å²) in [6.07, 6.45) is 3.59. The highest BCUT2D eigenvalue weighted by atomic mass is 35.5. The number of aromatic nitrogens is 1. The molecule has 1 heterocycles. The molecule has 0 unspecified atom stereocenters. The first-order chi connectivity index (χ1) is 8.20. The third-order valence-corrected chi connectivity index (χ3v) is 3.14. The maximum atomic E-state index is 11.9. The number of ether oxygens (including phenoxy) is 1. The molecule has 0 aromatic carbocycles. The van der Waals surface area contributed by atoms with Gasteiger partial charge in [0, 0.05) is 18.8 Å². The summed E-state index contributed by atoms with van der Waals surface area (Å²) in [4.78, 5) is 15.7. The zero-order valence-electron chi connectivity index (χ0n) is 9.65. The van der Waals surface area contributed by atoms with Crippen molar-refractivity contribution < 1.29 is 9.53 Å². The van der Waals surface area contributed by atoms with Crippen molar-refractivity contribution in [2.45, 2.75) is 31.9 Å². The number of nitrogens with one attached hydrogen (secondary N) is 1. The van der Waals surface area contributed by atoms with Gasteiger partial charge in [-0.15, -0.1) is 0 Å². The fourth-order valence-electron chi connectivity index (χ4n) is 1.87. The number of amides is 1. The number of halogens is 1. The zero-order valence-corrected chi connectivity index (χ0v) is 10.4. The van der Waals surface area contributed by atoms with Gasteiger partial charge in [-0.2, -0.15) is 0 Å². The molecule has 0 aliphatic heterocycles. The van der Waals surface area contributed by atoms with Crippen LogP contribution >= 0.6 is 11.6 Å². The molecule has 0 bridgehead atoms. The maximum absolute atomic E-state index is 11.9. The highest BCUT2D eigenvalue weighted by Gasteiger charge is 2.31. The van der Waals surface area contributed by atoms with E-state index in [1.54, 1.807) is 18.3 Å². The lowest BCUT2D eigenvalue weighted by molar-refractivity contribution is -0.00862. The van der Waals surface area contributed by atoms with Gasteiger partial charge in [0.05, 0.1) is 11.7 Å². The van der Waals surface area contributed by atoms with Crippen LogP contribution in [0.4, 0.5) is 0 Å². The monoisotopic (exact) mass is 254 g/mol. The quantitative estimate of drug-likeness (QED) is 0.837. The van der Waals surface area contributed by atoms with E-state index in [2.05, 4.69) is 10.3 Å². The van der Waals surface area contributed by atoms with Crippen LogP contribution in [0, 0.1) is 0 Å². The van der Waals surface area contributed by atoms with Gasteiger partial charge in [-0.3, -0.25) is 4.79 Å². The molecule has 1 aromatic heterocycles. The molecule has 1 saturated carbocycles. The number of carbonyl (C=O) groups is 1. The molecule has 17 heavy (non-hydrogen) atoms. The highest BCUT2D eigenvalue weighted by Crippen LogP contribution is 2.24. The Hall–Kier alpha value is -1.13. The SMILES string of the molecule is CCOC1CC(NC(=O)c2cccnc2Cl)C1. The fourth-order valence-corrected chi connectivity index (χ4v) is 2.08. The Morgan fingerprint density at radius 2 is 2.41 bits per heavy atom. The fraction of sp³-hybridized carbons (Fsp3) is 0.500. The van der Waals surface area contributed by atoms with E-state index in [0.717, 1.165) is 19.4 Å². The van der Waals surface area contributed by atoms with Gasteiger partial charge in [0.1, 0.15) is 5.15 Å². The summed E-state index contributed by atoms with van der Waals surface area (Å²) in [5, 5.41) is 3.16. The third-order valence-electron chi connectivity index (χ3n) is 2.84. The first-order valence-electron chi connectivity index (χ1n) is 5.73. The minimum atomic E-state index is -0.164. The van der Waals surface area contributed by atoms with Crippen molar-refractivity contribution in [3.63, 3.8) is 0 Å². The molecule has 1 aromatic rings. The summed E-state index contributed by atoms with van der Waals surface area (Å²) < 4.78 is 5.43. The topological polar surface area (TPSA) is 51.2 Å². The average molecular weight is 255 g/mol. The number of carbonyl (C=O) groups excluding carboxylic acids is 1. The van der Waals surface area contributed by atoms with Gasteiger partial charge < -0.3 is 10.1 Å². The summed E-state index contributed by atoms with van der Waals surface area (Å²) in [7, 11) is 0. The smallest absolute Gasteiger partial charge is 0.254 e. The Kier molecular flexibility index (Phi) is 3.97. The van der Waals surface area contributed by atoms with Crippen molar-refractivity contribution in [2.75, 3.05) is 6.61 Å². The molecule has 1 fully saturated rings. The van der Waals surface area contributed by atoms with Gasteiger partial charge in [0.2, 0.25) is 0 Å². The largest absolute Gasteiger partial charge is 0.378 e. The molecule has 0 atom stereocenters. The first-order valence-corrected chi connectivity index (χ1v) is 6.11. The van der Waals surface area contributed by atoms with Gasteiger partial charge in [-0.1, -0.05) is 11.6 Å². The molecule has 1 N–H and O–H groups in total. The Morgan fingerprint density at radius 1 is 1.65 bits per heavy atom. The van der Waals surface area contributed by atoms with Crippen molar-refractivity contribution in [1.82, 2.24) is 10.3 Å².